The quantitative estimate of drug-likeness (QED) is 0.588. The van der Waals surface area contributed by atoms with Gasteiger partial charge in [-0.25, -0.2) is 8.42 Å². The Morgan fingerprint density at radius 2 is 1.25 bits per heavy atom. The maximum absolute atomic E-state index is 12.3. The largest absolute Gasteiger partial charge is 0.235 e. The van der Waals surface area contributed by atoms with E-state index in [1.54, 1.807) is 13.8 Å². The Morgan fingerprint density at radius 1 is 0.875 bits per heavy atom. The lowest BCUT2D eigenvalue weighted by molar-refractivity contribution is 0.343. The second-order valence-electron chi connectivity index (χ2n) is 5.77. The molecule has 0 N–H and O–H groups in total. The summed E-state index contributed by atoms with van der Waals surface area (Å²) < 4.78 is 22.5. The molecule has 0 rings (SSSR count). The molecule has 16 heavy (non-hydrogen) atoms. The first kappa shape index (κ1) is 17.4. The Kier molecular flexibility index (Phi) is 5.62. The number of alkyl halides is 3. The zero-order valence-electron chi connectivity index (χ0n) is 10.3. The van der Waals surface area contributed by atoms with Crippen LogP contribution in [0.2, 0.25) is 0 Å². The van der Waals surface area contributed by atoms with Crippen LogP contribution in [-0.2, 0) is 9.84 Å². The average molecular weight is 443 g/mol. The summed E-state index contributed by atoms with van der Waals surface area (Å²) >= 11 is 9.31. The zero-order valence-corrected chi connectivity index (χ0v) is 15.8. The van der Waals surface area contributed by atoms with Crippen molar-refractivity contribution in [1.29, 1.82) is 0 Å². The maximum atomic E-state index is 12.3. The monoisotopic (exact) mass is 440 g/mol. The highest BCUT2D eigenvalue weighted by molar-refractivity contribution is 9.42. The van der Waals surface area contributed by atoms with Crippen molar-refractivity contribution in [3.63, 3.8) is 0 Å². The molecule has 0 heterocycles. The van der Waals surface area contributed by atoms with Gasteiger partial charge >= 0.3 is 0 Å². The van der Waals surface area contributed by atoms with E-state index in [1.807, 2.05) is 0 Å². The molecular formula is C10H19Br3O2S. The van der Waals surface area contributed by atoms with Crippen molar-refractivity contribution in [2.75, 3.05) is 0 Å². The Labute approximate surface area is 124 Å². The first-order chi connectivity index (χ1) is 6.71. The third kappa shape index (κ3) is 4.58. The first-order valence-corrected chi connectivity index (χ1v) is 8.88. The van der Waals surface area contributed by atoms with Gasteiger partial charge in [0.1, 0.15) is 0 Å². The van der Waals surface area contributed by atoms with Gasteiger partial charge in [-0.3, -0.25) is 0 Å². The van der Waals surface area contributed by atoms with Crippen molar-refractivity contribution in [3.05, 3.63) is 0 Å². The molecule has 0 amide bonds. The Bertz CT molecular complexity index is 334. The predicted molar refractivity (Wildman–Crippen MR) is 81.2 cm³/mol. The highest BCUT2D eigenvalue weighted by Crippen LogP contribution is 2.46. The highest BCUT2D eigenvalue weighted by atomic mass is 80.0. The molecule has 0 aliphatic rings. The van der Waals surface area contributed by atoms with Crippen LogP contribution < -0.4 is 0 Å². The fourth-order valence-corrected chi connectivity index (χ4v) is 6.06. The van der Waals surface area contributed by atoms with Gasteiger partial charge in [-0.2, -0.15) is 0 Å². The van der Waals surface area contributed by atoms with E-state index in [-0.39, 0.29) is 5.41 Å². The Morgan fingerprint density at radius 3 is 1.50 bits per heavy atom. The molecule has 0 aromatic carbocycles. The van der Waals surface area contributed by atoms with Gasteiger partial charge in [0.15, 0.2) is 9.84 Å². The molecule has 6 heteroatoms. The molecule has 0 atom stereocenters. The highest BCUT2D eigenvalue weighted by Gasteiger charge is 2.47. The van der Waals surface area contributed by atoms with Crippen LogP contribution in [0.4, 0.5) is 0 Å². The van der Waals surface area contributed by atoms with E-state index in [0.717, 1.165) is 6.42 Å². The number of sulfone groups is 1. The molecule has 0 aliphatic carbocycles. The third-order valence-electron chi connectivity index (χ3n) is 2.51. The predicted octanol–water partition coefficient (Wildman–Crippen LogP) is 4.80. The van der Waals surface area contributed by atoms with E-state index in [2.05, 4.69) is 68.6 Å². The van der Waals surface area contributed by atoms with Crippen LogP contribution in [0.1, 0.15) is 47.5 Å². The van der Waals surface area contributed by atoms with Gasteiger partial charge in [-0.15, -0.1) is 0 Å². The molecule has 0 fully saturated rings. The molecule has 0 aromatic heterocycles. The van der Waals surface area contributed by atoms with Gasteiger partial charge in [0.05, 0.1) is 4.75 Å². The van der Waals surface area contributed by atoms with Crippen molar-refractivity contribution in [2.45, 2.75) is 53.7 Å². The van der Waals surface area contributed by atoms with Crippen LogP contribution >= 0.6 is 47.8 Å². The summed E-state index contributed by atoms with van der Waals surface area (Å²) in [7, 11) is -3.35. The Balaban J connectivity index is 4.95. The van der Waals surface area contributed by atoms with Crippen molar-refractivity contribution >= 4 is 57.6 Å². The fraction of sp³-hybridized carbons (Fsp3) is 1.00. The molecule has 0 aliphatic heterocycles. The van der Waals surface area contributed by atoms with Crippen molar-refractivity contribution in [3.8, 4) is 0 Å². The van der Waals surface area contributed by atoms with E-state index in [9.17, 15) is 8.42 Å². The van der Waals surface area contributed by atoms with E-state index >= 15 is 0 Å². The summed E-state index contributed by atoms with van der Waals surface area (Å²) in [6, 6.07) is 0. The lowest BCUT2D eigenvalue weighted by Gasteiger charge is -2.32. The van der Waals surface area contributed by atoms with E-state index in [0.29, 0.717) is 6.42 Å². The number of hydrogen-bond acceptors (Lipinski definition) is 2. The number of rotatable bonds is 3. The molecule has 0 saturated heterocycles. The SMILES string of the molecule is CC(C)(C)CCC(C)(C)S(=O)(=O)C(Br)(Br)Br. The number of halogens is 3. The van der Waals surface area contributed by atoms with Gasteiger partial charge in [0.2, 0.25) is 1.47 Å². The molecule has 0 aromatic rings. The molecule has 0 bridgehead atoms. The van der Waals surface area contributed by atoms with Gasteiger partial charge in [-0.05, 0) is 79.9 Å². The molecule has 2 nitrogen and oxygen atoms in total. The molecule has 0 radical (unpaired) electrons. The smallest absolute Gasteiger partial charge is 0.225 e. The second kappa shape index (κ2) is 5.17. The van der Waals surface area contributed by atoms with E-state index in [4.69, 9.17) is 0 Å². The van der Waals surface area contributed by atoms with Crippen molar-refractivity contribution in [1.82, 2.24) is 0 Å². The lowest BCUT2D eigenvalue weighted by Crippen LogP contribution is -2.39. The Hall–Kier alpha value is 1.39. The van der Waals surface area contributed by atoms with E-state index < -0.39 is 16.1 Å². The van der Waals surface area contributed by atoms with Crippen LogP contribution in [0.25, 0.3) is 0 Å². The first-order valence-electron chi connectivity index (χ1n) is 5.02. The van der Waals surface area contributed by atoms with Crippen LogP contribution in [0.5, 0.6) is 0 Å². The second-order valence-corrected chi connectivity index (χ2v) is 16.8. The number of hydrogen-bond donors (Lipinski definition) is 0. The summed E-state index contributed by atoms with van der Waals surface area (Å²) in [4.78, 5) is 0. The molecular weight excluding hydrogens is 424 g/mol. The fourth-order valence-electron chi connectivity index (χ4n) is 1.12. The summed E-state index contributed by atoms with van der Waals surface area (Å²) in [6.45, 7) is 9.84. The van der Waals surface area contributed by atoms with Gasteiger partial charge in [0, 0.05) is 0 Å². The van der Waals surface area contributed by atoms with E-state index in [1.165, 1.54) is 0 Å². The summed E-state index contributed by atoms with van der Waals surface area (Å²) in [6.07, 6.45) is 1.49. The van der Waals surface area contributed by atoms with Crippen LogP contribution in [0, 0.1) is 5.41 Å². The van der Waals surface area contributed by atoms with Gasteiger partial charge in [0.25, 0.3) is 0 Å². The maximum Gasteiger partial charge on any atom is 0.235 e. The molecule has 0 unspecified atom stereocenters. The van der Waals surface area contributed by atoms with Crippen molar-refractivity contribution in [2.24, 2.45) is 5.41 Å². The normalized spacial score (nSPS) is 15.2. The summed E-state index contributed by atoms with van der Waals surface area (Å²) in [5.41, 5.74) is 0.139. The minimum absolute atomic E-state index is 0.139. The lowest BCUT2D eigenvalue weighted by atomic mass is 9.87. The van der Waals surface area contributed by atoms with Crippen LogP contribution in [-0.4, -0.2) is 14.6 Å². The summed E-state index contributed by atoms with van der Waals surface area (Å²) in [5, 5.41) is 0. The average Bonchev–Trinajstić information content (AvgIpc) is 1.97. The zero-order chi connectivity index (χ0) is 13.4. The van der Waals surface area contributed by atoms with Crippen LogP contribution in [0.3, 0.4) is 0 Å². The minimum atomic E-state index is -3.35. The van der Waals surface area contributed by atoms with Gasteiger partial charge in [-0.1, -0.05) is 20.8 Å². The molecule has 0 spiro atoms. The third-order valence-corrected chi connectivity index (χ3v) is 8.61. The standard InChI is InChI=1S/C10H19Br3O2S/c1-8(2,3)6-7-9(4,5)16(14,15)10(11,12)13/h6-7H2,1-5H3. The summed E-state index contributed by atoms with van der Waals surface area (Å²) in [5.74, 6) is 0. The molecule has 98 valence electrons. The van der Waals surface area contributed by atoms with Crippen molar-refractivity contribution < 1.29 is 8.42 Å². The van der Waals surface area contributed by atoms with Gasteiger partial charge < -0.3 is 0 Å². The minimum Gasteiger partial charge on any atom is -0.225 e. The molecule has 0 saturated carbocycles. The van der Waals surface area contributed by atoms with Crippen LogP contribution in [0.15, 0.2) is 0 Å². The topological polar surface area (TPSA) is 34.1 Å².